The topological polar surface area (TPSA) is 55.1 Å². The van der Waals surface area contributed by atoms with Crippen molar-refractivity contribution in [1.82, 2.24) is 5.32 Å². The third-order valence-corrected chi connectivity index (χ3v) is 4.13. The maximum atomic E-state index is 12.3. The molecule has 0 saturated carbocycles. The number of halogens is 1. The van der Waals surface area contributed by atoms with Crippen LogP contribution in [0.25, 0.3) is 0 Å². The minimum absolute atomic E-state index is 0. The summed E-state index contributed by atoms with van der Waals surface area (Å²) in [5, 5.41) is 3.14. The van der Waals surface area contributed by atoms with Crippen LogP contribution in [-0.2, 0) is 4.79 Å². The van der Waals surface area contributed by atoms with E-state index >= 15 is 0 Å². The van der Waals surface area contributed by atoms with Gasteiger partial charge in [-0.15, -0.1) is 12.4 Å². The van der Waals surface area contributed by atoms with Crippen LogP contribution in [0, 0.1) is 11.8 Å². The number of rotatable bonds is 6. The molecule has 3 unspecified atom stereocenters. The van der Waals surface area contributed by atoms with Crippen LogP contribution in [0.1, 0.15) is 64.6 Å². The van der Waals surface area contributed by atoms with E-state index in [2.05, 4.69) is 57.3 Å². The minimum atomic E-state index is -0.179. The van der Waals surface area contributed by atoms with E-state index in [4.69, 9.17) is 5.73 Å². The second-order valence-electron chi connectivity index (χ2n) is 6.70. The van der Waals surface area contributed by atoms with Crippen LogP contribution in [0.3, 0.4) is 0 Å². The molecule has 0 heterocycles. The molecule has 0 aliphatic heterocycles. The molecule has 0 bridgehead atoms. The fourth-order valence-corrected chi connectivity index (χ4v) is 2.25. The first kappa shape index (κ1) is 20.9. The van der Waals surface area contributed by atoms with Crippen LogP contribution < -0.4 is 11.1 Å². The fourth-order valence-electron chi connectivity index (χ4n) is 2.25. The zero-order valence-electron chi connectivity index (χ0n) is 14.6. The number of carbonyl (C=O) groups excluding carboxylic acids is 1. The fraction of sp³-hybridized carbons (Fsp3) is 0.611. The van der Waals surface area contributed by atoms with Gasteiger partial charge in [0.25, 0.3) is 0 Å². The van der Waals surface area contributed by atoms with Gasteiger partial charge in [-0.1, -0.05) is 58.9 Å². The van der Waals surface area contributed by atoms with Gasteiger partial charge in [0.2, 0.25) is 5.91 Å². The van der Waals surface area contributed by atoms with Crippen LogP contribution >= 0.6 is 12.4 Å². The monoisotopic (exact) mass is 326 g/mol. The quantitative estimate of drug-likeness (QED) is 0.829. The number of hydrogen-bond acceptors (Lipinski definition) is 2. The van der Waals surface area contributed by atoms with Gasteiger partial charge in [-0.25, -0.2) is 0 Å². The SMILES string of the molecule is CC(C)c1ccc(C(NC(=O)C(C)C(C)N)C(C)C)cc1.Cl. The summed E-state index contributed by atoms with van der Waals surface area (Å²) in [6.45, 7) is 12.4. The summed E-state index contributed by atoms with van der Waals surface area (Å²) in [7, 11) is 0. The van der Waals surface area contributed by atoms with E-state index in [1.807, 2.05) is 13.8 Å². The molecule has 3 N–H and O–H groups in total. The Balaban J connectivity index is 0.00000441. The van der Waals surface area contributed by atoms with Gasteiger partial charge in [-0.2, -0.15) is 0 Å². The van der Waals surface area contributed by atoms with Crippen molar-refractivity contribution < 1.29 is 4.79 Å². The Labute approximate surface area is 141 Å². The summed E-state index contributed by atoms with van der Waals surface area (Å²) in [5.74, 6) is 0.696. The van der Waals surface area contributed by atoms with Gasteiger partial charge in [-0.05, 0) is 29.9 Å². The summed E-state index contributed by atoms with van der Waals surface area (Å²) in [5.41, 5.74) is 8.29. The standard InChI is InChI=1S/C18H30N2O.ClH/c1-11(2)15-7-9-16(10-8-15)17(12(3)4)20-18(21)13(5)14(6)19;/h7-14,17H,19H2,1-6H3,(H,20,21);1H. The molecule has 4 heteroatoms. The number of nitrogens with two attached hydrogens (primary N) is 1. The summed E-state index contributed by atoms with van der Waals surface area (Å²) in [6, 6.07) is 8.43. The summed E-state index contributed by atoms with van der Waals surface area (Å²) >= 11 is 0. The normalized spacial score (nSPS) is 15.1. The molecule has 0 aliphatic carbocycles. The number of benzene rings is 1. The molecular formula is C18H31ClN2O. The molecule has 3 nitrogen and oxygen atoms in total. The summed E-state index contributed by atoms with van der Waals surface area (Å²) < 4.78 is 0. The molecule has 1 aromatic carbocycles. The Morgan fingerprint density at radius 3 is 1.77 bits per heavy atom. The van der Waals surface area contributed by atoms with Crippen LogP contribution in [0.15, 0.2) is 24.3 Å². The molecule has 1 rings (SSSR count). The van der Waals surface area contributed by atoms with Crippen molar-refractivity contribution in [2.24, 2.45) is 17.6 Å². The minimum Gasteiger partial charge on any atom is -0.349 e. The maximum absolute atomic E-state index is 12.3. The van der Waals surface area contributed by atoms with E-state index in [9.17, 15) is 4.79 Å². The van der Waals surface area contributed by atoms with E-state index in [-0.39, 0.29) is 36.3 Å². The van der Waals surface area contributed by atoms with Gasteiger partial charge in [-0.3, -0.25) is 4.79 Å². The molecule has 0 saturated heterocycles. The lowest BCUT2D eigenvalue weighted by molar-refractivity contribution is -0.126. The lowest BCUT2D eigenvalue weighted by Crippen LogP contribution is -2.41. The summed E-state index contributed by atoms with van der Waals surface area (Å²) in [6.07, 6.45) is 0. The van der Waals surface area contributed by atoms with Gasteiger partial charge < -0.3 is 11.1 Å². The second-order valence-corrected chi connectivity index (χ2v) is 6.70. The first-order chi connectivity index (χ1) is 9.73. The molecule has 1 aromatic rings. The van der Waals surface area contributed by atoms with Crippen molar-refractivity contribution in [1.29, 1.82) is 0 Å². The average molecular weight is 327 g/mol. The Kier molecular flexibility index (Phi) is 8.72. The Morgan fingerprint density at radius 2 is 1.41 bits per heavy atom. The lowest BCUT2D eigenvalue weighted by Gasteiger charge is -2.26. The van der Waals surface area contributed by atoms with E-state index in [1.165, 1.54) is 5.56 Å². The lowest BCUT2D eigenvalue weighted by atomic mass is 9.92. The molecule has 1 amide bonds. The van der Waals surface area contributed by atoms with E-state index in [0.717, 1.165) is 5.56 Å². The van der Waals surface area contributed by atoms with Crippen LogP contribution in [0.5, 0.6) is 0 Å². The van der Waals surface area contributed by atoms with E-state index in [1.54, 1.807) is 0 Å². The predicted molar refractivity (Wildman–Crippen MR) is 96.3 cm³/mol. The third-order valence-electron chi connectivity index (χ3n) is 4.13. The first-order valence-corrected chi connectivity index (χ1v) is 7.89. The van der Waals surface area contributed by atoms with Crippen LogP contribution in [0.4, 0.5) is 0 Å². The van der Waals surface area contributed by atoms with Crippen molar-refractivity contribution in [2.75, 3.05) is 0 Å². The van der Waals surface area contributed by atoms with E-state index in [0.29, 0.717) is 11.8 Å². The highest BCUT2D eigenvalue weighted by Crippen LogP contribution is 2.24. The van der Waals surface area contributed by atoms with Gasteiger partial charge in [0, 0.05) is 12.0 Å². The van der Waals surface area contributed by atoms with Gasteiger partial charge in [0.05, 0.1) is 6.04 Å². The highest BCUT2D eigenvalue weighted by Gasteiger charge is 2.23. The summed E-state index contributed by atoms with van der Waals surface area (Å²) in [4.78, 5) is 12.3. The molecule has 22 heavy (non-hydrogen) atoms. The molecule has 0 radical (unpaired) electrons. The molecular weight excluding hydrogens is 296 g/mol. The second kappa shape index (κ2) is 9.16. The first-order valence-electron chi connectivity index (χ1n) is 7.89. The maximum Gasteiger partial charge on any atom is 0.224 e. The van der Waals surface area contributed by atoms with Crippen molar-refractivity contribution in [3.63, 3.8) is 0 Å². The van der Waals surface area contributed by atoms with Crippen molar-refractivity contribution in [2.45, 2.75) is 59.5 Å². The Hall–Kier alpha value is -1.06. The van der Waals surface area contributed by atoms with Gasteiger partial charge in [0.15, 0.2) is 0 Å². The highest BCUT2D eigenvalue weighted by atomic mass is 35.5. The number of amides is 1. The average Bonchev–Trinajstić information content (AvgIpc) is 2.43. The Bertz CT molecular complexity index is 455. The smallest absolute Gasteiger partial charge is 0.224 e. The Morgan fingerprint density at radius 1 is 0.955 bits per heavy atom. The van der Waals surface area contributed by atoms with Crippen molar-refractivity contribution in [3.05, 3.63) is 35.4 Å². The number of hydrogen-bond donors (Lipinski definition) is 2. The van der Waals surface area contributed by atoms with Gasteiger partial charge in [0.1, 0.15) is 0 Å². The number of nitrogens with one attached hydrogen (secondary N) is 1. The molecule has 0 aliphatic rings. The molecule has 126 valence electrons. The largest absolute Gasteiger partial charge is 0.349 e. The molecule has 0 fully saturated rings. The van der Waals surface area contributed by atoms with Crippen molar-refractivity contribution >= 4 is 18.3 Å². The predicted octanol–water partition coefficient (Wildman–Crippen LogP) is 4.03. The van der Waals surface area contributed by atoms with Crippen LogP contribution in [-0.4, -0.2) is 11.9 Å². The molecule has 3 atom stereocenters. The zero-order valence-corrected chi connectivity index (χ0v) is 15.4. The molecule has 0 aromatic heterocycles. The van der Waals surface area contributed by atoms with Gasteiger partial charge >= 0.3 is 0 Å². The number of carbonyl (C=O) groups is 1. The molecule has 0 spiro atoms. The van der Waals surface area contributed by atoms with Crippen molar-refractivity contribution in [3.8, 4) is 0 Å². The van der Waals surface area contributed by atoms with Crippen LogP contribution in [0.2, 0.25) is 0 Å². The zero-order chi connectivity index (χ0) is 16.2. The third kappa shape index (κ3) is 5.62. The highest BCUT2D eigenvalue weighted by molar-refractivity contribution is 5.85. The van der Waals surface area contributed by atoms with E-state index < -0.39 is 0 Å².